The van der Waals surface area contributed by atoms with Gasteiger partial charge in [0.1, 0.15) is 0 Å². The topological polar surface area (TPSA) is 59.4 Å². The summed E-state index contributed by atoms with van der Waals surface area (Å²) in [4.78, 5) is 16.0. The number of fused-ring (bicyclic) bond motifs is 1. The summed E-state index contributed by atoms with van der Waals surface area (Å²) in [5, 5.41) is 10.4. The van der Waals surface area contributed by atoms with E-state index < -0.39 is 11.9 Å². The van der Waals surface area contributed by atoms with Crippen LogP contribution in [0.15, 0.2) is 30.3 Å². The maximum Gasteiger partial charge on any atom is 0.309 e. The number of carboxylic acid groups (broad SMARTS) is 1. The quantitative estimate of drug-likeness (QED) is 0.911. The van der Waals surface area contributed by atoms with Gasteiger partial charge in [0.25, 0.3) is 0 Å². The number of nitrogens with zero attached hydrogens (tertiary/aromatic N) is 1. The van der Waals surface area contributed by atoms with Crippen molar-refractivity contribution in [2.75, 3.05) is 6.61 Å². The Morgan fingerprint density at radius 2 is 2.20 bits per heavy atom. The van der Waals surface area contributed by atoms with Gasteiger partial charge in [-0.1, -0.05) is 18.2 Å². The van der Waals surface area contributed by atoms with Crippen LogP contribution in [0, 0.1) is 12.8 Å². The Kier molecular flexibility index (Phi) is 3.40. The molecule has 4 heteroatoms. The van der Waals surface area contributed by atoms with Gasteiger partial charge in [0, 0.05) is 17.7 Å². The van der Waals surface area contributed by atoms with E-state index in [4.69, 9.17) is 4.74 Å². The van der Waals surface area contributed by atoms with E-state index in [9.17, 15) is 9.90 Å². The van der Waals surface area contributed by atoms with Crippen LogP contribution >= 0.6 is 0 Å². The van der Waals surface area contributed by atoms with Gasteiger partial charge in [0.05, 0.1) is 17.5 Å². The average molecular weight is 271 g/mol. The number of hydrogen-bond donors (Lipinski definition) is 1. The third-order valence-electron chi connectivity index (χ3n) is 3.82. The molecule has 1 aromatic carbocycles. The Morgan fingerprint density at radius 3 is 3.00 bits per heavy atom. The predicted octanol–water partition coefficient (Wildman–Crippen LogP) is 3.10. The Balaban J connectivity index is 2.14. The fourth-order valence-electron chi connectivity index (χ4n) is 2.92. The molecular formula is C16H17NO3. The monoisotopic (exact) mass is 271 g/mol. The number of aliphatic carboxylic acids is 1. The summed E-state index contributed by atoms with van der Waals surface area (Å²) in [5.41, 5.74) is 2.72. The highest BCUT2D eigenvalue weighted by atomic mass is 16.5. The number of aryl methyl sites for hydroxylation is 1. The highest BCUT2D eigenvalue weighted by Crippen LogP contribution is 2.37. The molecule has 0 amide bonds. The largest absolute Gasteiger partial charge is 0.481 e. The molecule has 1 fully saturated rings. The van der Waals surface area contributed by atoms with Crippen molar-refractivity contribution in [1.29, 1.82) is 0 Å². The first kappa shape index (κ1) is 13.1. The standard InChI is InChI=1S/C16H17NO3/c1-10-9-13(11-5-2-3-7-14(11)17-10)15-12(16(18)19)6-4-8-20-15/h2-3,5,7,9,12,15H,4,6,8H2,1H3,(H,18,19). The van der Waals surface area contributed by atoms with Gasteiger partial charge in [0.2, 0.25) is 0 Å². The first-order chi connectivity index (χ1) is 9.66. The summed E-state index contributed by atoms with van der Waals surface area (Å²) in [6.07, 6.45) is 1.08. The molecule has 2 unspecified atom stereocenters. The molecule has 0 spiro atoms. The molecular weight excluding hydrogens is 254 g/mol. The summed E-state index contributed by atoms with van der Waals surface area (Å²) in [6.45, 7) is 2.54. The van der Waals surface area contributed by atoms with Crippen LogP contribution in [0.4, 0.5) is 0 Å². The number of hydrogen-bond acceptors (Lipinski definition) is 3. The number of carboxylic acids is 1. The maximum atomic E-state index is 11.5. The Bertz CT molecular complexity index is 653. The van der Waals surface area contributed by atoms with Gasteiger partial charge < -0.3 is 9.84 Å². The number of benzene rings is 1. The van der Waals surface area contributed by atoms with Crippen LogP contribution in [0.3, 0.4) is 0 Å². The summed E-state index contributed by atoms with van der Waals surface area (Å²) in [5.74, 6) is -1.26. The number of pyridine rings is 1. The molecule has 0 bridgehead atoms. The molecule has 3 rings (SSSR count). The zero-order valence-electron chi connectivity index (χ0n) is 11.4. The summed E-state index contributed by atoms with van der Waals surface area (Å²) >= 11 is 0. The SMILES string of the molecule is Cc1cc(C2OCCCC2C(=O)O)c2ccccc2n1. The first-order valence-electron chi connectivity index (χ1n) is 6.87. The van der Waals surface area contributed by atoms with Gasteiger partial charge >= 0.3 is 5.97 Å². The van der Waals surface area contributed by atoms with Crippen molar-refractivity contribution in [2.45, 2.75) is 25.9 Å². The molecule has 20 heavy (non-hydrogen) atoms. The lowest BCUT2D eigenvalue weighted by Gasteiger charge is -2.30. The number of rotatable bonds is 2. The molecule has 2 aromatic rings. The van der Waals surface area contributed by atoms with Gasteiger partial charge in [-0.05, 0) is 37.5 Å². The summed E-state index contributed by atoms with van der Waals surface area (Å²) in [7, 11) is 0. The molecule has 2 atom stereocenters. The van der Waals surface area contributed by atoms with Gasteiger partial charge in [-0.2, -0.15) is 0 Å². The lowest BCUT2D eigenvalue weighted by Crippen LogP contribution is -2.29. The molecule has 0 aliphatic carbocycles. The van der Waals surface area contributed by atoms with Gasteiger partial charge in [-0.15, -0.1) is 0 Å². The van der Waals surface area contributed by atoms with E-state index in [1.807, 2.05) is 37.3 Å². The Hall–Kier alpha value is -1.94. The van der Waals surface area contributed by atoms with Gasteiger partial charge in [-0.25, -0.2) is 0 Å². The normalized spacial score (nSPS) is 22.9. The van der Waals surface area contributed by atoms with Crippen LogP contribution in [-0.4, -0.2) is 22.7 Å². The first-order valence-corrected chi connectivity index (χ1v) is 6.87. The fourth-order valence-corrected chi connectivity index (χ4v) is 2.92. The third kappa shape index (κ3) is 2.27. The third-order valence-corrected chi connectivity index (χ3v) is 3.82. The molecule has 1 N–H and O–H groups in total. The van der Waals surface area contributed by atoms with Crippen LogP contribution in [0.1, 0.15) is 30.2 Å². The molecule has 104 valence electrons. The number of carbonyl (C=O) groups is 1. The Morgan fingerprint density at radius 1 is 1.40 bits per heavy atom. The van der Waals surface area contributed by atoms with Crippen LogP contribution in [0.25, 0.3) is 10.9 Å². The molecule has 0 saturated carbocycles. The highest BCUT2D eigenvalue weighted by Gasteiger charge is 2.34. The minimum Gasteiger partial charge on any atom is -0.481 e. The van der Waals surface area contributed by atoms with E-state index >= 15 is 0 Å². The smallest absolute Gasteiger partial charge is 0.309 e. The Labute approximate surface area is 117 Å². The zero-order chi connectivity index (χ0) is 14.1. The van der Waals surface area contributed by atoms with E-state index in [1.165, 1.54) is 0 Å². The second kappa shape index (κ2) is 5.21. The van der Waals surface area contributed by atoms with Crippen molar-refractivity contribution >= 4 is 16.9 Å². The molecule has 1 aliphatic heterocycles. The number of ether oxygens (including phenoxy) is 1. The lowest BCUT2D eigenvalue weighted by molar-refractivity contribution is -0.151. The maximum absolute atomic E-state index is 11.5. The fraction of sp³-hybridized carbons (Fsp3) is 0.375. The van der Waals surface area contributed by atoms with E-state index in [0.717, 1.165) is 28.6 Å². The van der Waals surface area contributed by atoms with Crippen molar-refractivity contribution in [3.63, 3.8) is 0 Å². The molecule has 2 heterocycles. The minimum absolute atomic E-state index is 0.382. The lowest BCUT2D eigenvalue weighted by atomic mass is 9.88. The van der Waals surface area contributed by atoms with Crippen molar-refractivity contribution in [1.82, 2.24) is 4.98 Å². The summed E-state index contributed by atoms with van der Waals surface area (Å²) < 4.78 is 5.79. The van der Waals surface area contributed by atoms with Crippen LogP contribution < -0.4 is 0 Å². The van der Waals surface area contributed by atoms with Crippen molar-refractivity contribution in [3.05, 3.63) is 41.6 Å². The van der Waals surface area contributed by atoms with E-state index in [0.29, 0.717) is 13.0 Å². The molecule has 1 aliphatic rings. The van der Waals surface area contributed by atoms with Crippen LogP contribution in [-0.2, 0) is 9.53 Å². The van der Waals surface area contributed by atoms with Crippen LogP contribution in [0.5, 0.6) is 0 Å². The predicted molar refractivity (Wildman–Crippen MR) is 75.5 cm³/mol. The van der Waals surface area contributed by atoms with Crippen molar-refractivity contribution in [2.24, 2.45) is 5.92 Å². The van der Waals surface area contributed by atoms with Crippen molar-refractivity contribution < 1.29 is 14.6 Å². The molecule has 0 radical (unpaired) electrons. The van der Waals surface area contributed by atoms with Crippen LogP contribution in [0.2, 0.25) is 0 Å². The van der Waals surface area contributed by atoms with E-state index in [1.54, 1.807) is 0 Å². The number of para-hydroxylation sites is 1. The highest BCUT2D eigenvalue weighted by molar-refractivity contribution is 5.83. The average Bonchev–Trinajstić information content (AvgIpc) is 2.46. The number of aromatic nitrogens is 1. The molecule has 1 aromatic heterocycles. The van der Waals surface area contributed by atoms with Gasteiger partial charge in [0.15, 0.2) is 0 Å². The summed E-state index contributed by atoms with van der Waals surface area (Å²) in [6, 6.07) is 9.77. The zero-order valence-corrected chi connectivity index (χ0v) is 11.4. The molecule has 4 nitrogen and oxygen atoms in total. The minimum atomic E-state index is -0.784. The van der Waals surface area contributed by atoms with Crippen molar-refractivity contribution in [3.8, 4) is 0 Å². The molecule has 1 saturated heterocycles. The second-order valence-electron chi connectivity index (χ2n) is 5.25. The van der Waals surface area contributed by atoms with E-state index in [2.05, 4.69) is 4.98 Å². The second-order valence-corrected chi connectivity index (χ2v) is 5.25. The van der Waals surface area contributed by atoms with E-state index in [-0.39, 0.29) is 6.10 Å². The van der Waals surface area contributed by atoms with Gasteiger partial charge in [-0.3, -0.25) is 9.78 Å².